The van der Waals surface area contributed by atoms with Gasteiger partial charge < -0.3 is 20.6 Å². The number of amides is 1. The van der Waals surface area contributed by atoms with Crippen LogP contribution in [-0.4, -0.2) is 73.6 Å². The first-order valence-electron chi connectivity index (χ1n) is 12.3. The quantitative estimate of drug-likeness (QED) is 0.437. The van der Waals surface area contributed by atoms with Gasteiger partial charge in [0.1, 0.15) is 16.9 Å². The van der Waals surface area contributed by atoms with Gasteiger partial charge in [0.05, 0.1) is 37.0 Å². The van der Waals surface area contributed by atoms with Crippen molar-refractivity contribution in [1.29, 1.82) is 0 Å². The van der Waals surface area contributed by atoms with Crippen LogP contribution in [0, 0.1) is 0 Å². The number of carbonyl (C=O) groups is 1. The third-order valence-electron chi connectivity index (χ3n) is 6.21. The van der Waals surface area contributed by atoms with E-state index >= 15 is 0 Å². The Morgan fingerprint density at radius 1 is 1.08 bits per heavy atom. The number of carbonyl (C=O) groups excluding carboxylic acids is 1. The number of nitrogens with two attached hydrogens (primary N) is 1. The summed E-state index contributed by atoms with van der Waals surface area (Å²) in [6.07, 6.45) is 1.20. The number of aliphatic hydroxyl groups excluding tert-OH is 1. The third-order valence-corrected chi connectivity index (χ3v) is 6.21. The average Bonchev–Trinajstić information content (AvgIpc) is 3.26. The monoisotopic (exact) mass is 501 g/mol. The topological polar surface area (TPSA) is 123 Å². The molecule has 10 nitrogen and oxygen atoms in total. The van der Waals surface area contributed by atoms with Crippen LogP contribution in [0.2, 0.25) is 0 Å². The fourth-order valence-corrected chi connectivity index (χ4v) is 4.50. The van der Waals surface area contributed by atoms with E-state index in [9.17, 15) is 9.90 Å². The maximum atomic E-state index is 12.8. The van der Waals surface area contributed by atoms with Crippen molar-refractivity contribution >= 4 is 23.1 Å². The van der Waals surface area contributed by atoms with Crippen LogP contribution in [0.3, 0.4) is 0 Å². The maximum absolute atomic E-state index is 12.8. The van der Waals surface area contributed by atoms with Crippen molar-refractivity contribution in [3.05, 3.63) is 60.8 Å². The summed E-state index contributed by atoms with van der Waals surface area (Å²) in [7, 11) is 0. The molecule has 0 saturated carbocycles. The van der Waals surface area contributed by atoms with Gasteiger partial charge in [0.2, 0.25) is 0 Å². The molecule has 0 spiro atoms. The molecule has 1 aromatic carbocycles. The molecule has 1 atom stereocenters. The van der Waals surface area contributed by atoms with E-state index in [-0.39, 0.29) is 6.61 Å². The Kier molecular flexibility index (Phi) is 6.43. The fraction of sp³-hybridized carbons (Fsp3) is 0.333. The number of hydrogen-bond donors (Lipinski definition) is 2. The average molecular weight is 502 g/mol. The second-order valence-corrected chi connectivity index (χ2v) is 10.0. The van der Waals surface area contributed by atoms with E-state index in [0.29, 0.717) is 48.0 Å². The highest BCUT2D eigenvalue weighted by Crippen LogP contribution is 2.30. The molecular weight excluding hydrogens is 470 g/mol. The molecule has 4 heterocycles. The van der Waals surface area contributed by atoms with Crippen LogP contribution in [0.25, 0.3) is 33.8 Å². The Balaban J connectivity index is 1.59. The van der Waals surface area contributed by atoms with E-state index < -0.39 is 17.7 Å². The number of hydrogen-bond acceptors (Lipinski definition) is 8. The van der Waals surface area contributed by atoms with Gasteiger partial charge in [-0.15, -0.1) is 0 Å². The van der Waals surface area contributed by atoms with Crippen molar-refractivity contribution in [2.24, 2.45) is 0 Å². The second-order valence-electron chi connectivity index (χ2n) is 10.0. The Hall–Kier alpha value is -4.18. The van der Waals surface area contributed by atoms with Crippen LogP contribution in [-0.2, 0) is 4.74 Å². The number of pyridine rings is 2. The summed E-state index contributed by atoms with van der Waals surface area (Å²) in [5.41, 5.74) is 9.46. The molecule has 5 rings (SSSR count). The molecule has 3 aromatic heterocycles. The number of benzene rings is 1. The lowest BCUT2D eigenvalue weighted by atomic mass is 10.1. The van der Waals surface area contributed by atoms with Crippen molar-refractivity contribution in [1.82, 2.24) is 24.5 Å². The van der Waals surface area contributed by atoms with Gasteiger partial charge in [-0.1, -0.05) is 30.3 Å². The van der Waals surface area contributed by atoms with Crippen LogP contribution in [0.4, 0.5) is 10.6 Å². The Morgan fingerprint density at radius 2 is 1.86 bits per heavy atom. The lowest BCUT2D eigenvalue weighted by Crippen LogP contribution is -2.60. The molecule has 192 valence electrons. The standard InChI is InChI=1S/C27H31N7O3/c1-27(2,3)37-26(36)33-15-14-32(16-19(33)17-35)34-24(20-10-7-13-29-23(20)28)31-22-12-11-21(30-25(22)34)18-8-5-4-6-9-18/h4-13,19,35H,14-17H2,1-3H3,(H2,28,29)/t19-/m1/s1. The Bertz CT molecular complexity index is 1410. The number of aromatic nitrogens is 4. The normalized spacial score (nSPS) is 16.3. The first-order valence-corrected chi connectivity index (χ1v) is 12.3. The maximum Gasteiger partial charge on any atom is 0.410 e. The SMILES string of the molecule is CC(C)(C)OC(=O)N1CCN(n2c(-c3cccnc3N)nc3ccc(-c4ccccc4)nc32)C[C@@H]1CO. The zero-order valence-electron chi connectivity index (χ0n) is 21.2. The summed E-state index contributed by atoms with van der Waals surface area (Å²) in [5, 5.41) is 12.3. The second kappa shape index (κ2) is 9.70. The van der Waals surface area contributed by atoms with E-state index in [1.165, 1.54) is 0 Å². The molecular formula is C27H31N7O3. The number of ether oxygens (including phenoxy) is 1. The third kappa shape index (κ3) is 4.92. The van der Waals surface area contributed by atoms with Crippen molar-refractivity contribution in [2.45, 2.75) is 32.4 Å². The molecule has 0 unspecified atom stereocenters. The lowest BCUT2D eigenvalue weighted by molar-refractivity contribution is 0.00548. The van der Waals surface area contributed by atoms with Crippen LogP contribution in [0.1, 0.15) is 20.8 Å². The zero-order chi connectivity index (χ0) is 26.2. The molecule has 1 fully saturated rings. The molecule has 10 heteroatoms. The summed E-state index contributed by atoms with van der Waals surface area (Å²) in [6, 6.07) is 17.0. The van der Waals surface area contributed by atoms with Gasteiger partial charge in [0, 0.05) is 18.3 Å². The van der Waals surface area contributed by atoms with E-state index in [2.05, 4.69) is 4.98 Å². The number of nitrogens with zero attached hydrogens (tertiary/aromatic N) is 6. The smallest absolute Gasteiger partial charge is 0.410 e. The largest absolute Gasteiger partial charge is 0.444 e. The minimum atomic E-state index is -0.627. The summed E-state index contributed by atoms with van der Waals surface area (Å²) in [4.78, 5) is 28.5. The minimum absolute atomic E-state index is 0.213. The van der Waals surface area contributed by atoms with Gasteiger partial charge in [-0.25, -0.2) is 24.4 Å². The molecule has 0 bridgehead atoms. The zero-order valence-corrected chi connectivity index (χ0v) is 21.2. The highest BCUT2D eigenvalue weighted by Gasteiger charge is 2.35. The van der Waals surface area contributed by atoms with E-state index in [1.807, 2.05) is 85.1 Å². The van der Waals surface area contributed by atoms with Gasteiger partial charge in [-0.2, -0.15) is 0 Å². The van der Waals surface area contributed by atoms with E-state index in [1.54, 1.807) is 11.1 Å². The molecule has 1 aliphatic rings. The Labute approximate surface area is 215 Å². The highest BCUT2D eigenvalue weighted by atomic mass is 16.6. The summed E-state index contributed by atoms with van der Waals surface area (Å²) in [6.45, 7) is 6.46. The Morgan fingerprint density at radius 3 is 2.57 bits per heavy atom. The van der Waals surface area contributed by atoms with Crippen LogP contribution in [0.15, 0.2) is 60.8 Å². The van der Waals surface area contributed by atoms with Gasteiger partial charge in [-0.05, 0) is 45.0 Å². The summed E-state index contributed by atoms with van der Waals surface area (Å²) in [5.74, 6) is 0.953. The van der Waals surface area contributed by atoms with Crippen molar-refractivity contribution < 1.29 is 14.6 Å². The highest BCUT2D eigenvalue weighted by molar-refractivity contribution is 5.83. The molecule has 3 N–H and O–H groups in total. The minimum Gasteiger partial charge on any atom is -0.444 e. The number of imidazole rings is 1. The lowest BCUT2D eigenvalue weighted by Gasteiger charge is -2.42. The summed E-state index contributed by atoms with van der Waals surface area (Å²) < 4.78 is 7.51. The van der Waals surface area contributed by atoms with Crippen molar-refractivity contribution in [2.75, 3.05) is 37.0 Å². The molecule has 1 amide bonds. The number of nitrogen functional groups attached to an aromatic ring is 1. The van der Waals surface area contributed by atoms with Gasteiger partial charge in [-0.3, -0.25) is 4.90 Å². The van der Waals surface area contributed by atoms with Crippen LogP contribution in [0.5, 0.6) is 0 Å². The van der Waals surface area contributed by atoms with Crippen LogP contribution >= 0.6 is 0 Å². The first kappa shape index (κ1) is 24.5. The molecule has 1 aliphatic heterocycles. The molecule has 4 aromatic rings. The fourth-order valence-electron chi connectivity index (χ4n) is 4.50. The van der Waals surface area contributed by atoms with Gasteiger partial charge in [0.25, 0.3) is 0 Å². The van der Waals surface area contributed by atoms with Gasteiger partial charge in [0.15, 0.2) is 11.5 Å². The van der Waals surface area contributed by atoms with Gasteiger partial charge >= 0.3 is 6.09 Å². The summed E-state index contributed by atoms with van der Waals surface area (Å²) >= 11 is 0. The van der Waals surface area contributed by atoms with E-state index in [4.69, 9.17) is 20.4 Å². The number of anilines is 1. The van der Waals surface area contributed by atoms with E-state index in [0.717, 1.165) is 11.3 Å². The molecule has 0 radical (unpaired) electrons. The first-order chi connectivity index (χ1) is 17.7. The molecule has 37 heavy (non-hydrogen) atoms. The number of piperazine rings is 1. The number of fused-ring (bicyclic) bond motifs is 1. The molecule has 0 aliphatic carbocycles. The predicted octanol–water partition coefficient (Wildman–Crippen LogP) is 3.29. The number of aliphatic hydroxyl groups is 1. The van der Waals surface area contributed by atoms with Crippen molar-refractivity contribution in [3.8, 4) is 22.6 Å². The van der Waals surface area contributed by atoms with Crippen LogP contribution < -0.4 is 10.7 Å². The molecule has 1 saturated heterocycles. The van der Waals surface area contributed by atoms with Crippen molar-refractivity contribution in [3.63, 3.8) is 0 Å². The predicted molar refractivity (Wildman–Crippen MR) is 142 cm³/mol. The number of rotatable bonds is 4.